The molecule has 1 aliphatic carbocycles. The highest BCUT2D eigenvalue weighted by Gasteiger charge is 2.32. The summed E-state index contributed by atoms with van der Waals surface area (Å²) in [7, 11) is 0. The van der Waals surface area contributed by atoms with Crippen LogP contribution in [0.4, 0.5) is 10.1 Å². The lowest BCUT2D eigenvalue weighted by molar-refractivity contribution is -0.121. The van der Waals surface area contributed by atoms with Crippen molar-refractivity contribution in [2.45, 2.75) is 44.3 Å². The summed E-state index contributed by atoms with van der Waals surface area (Å²) in [6.07, 6.45) is 7.31. The minimum atomic E-state index is -1.35. The molecule has 1 aromatic carbocycles. The van der Waals surface area contributed by atoms with Crippen molar-refractivity contribution in [2.24, 2.45) is 0 Å². The van der Waals surface area contributed by atoms with Crippen molar-refractivity contribution < 1.29 is 19.1 Å². The van der Waals surface area contributed by atoms with E-state index in [1.807, 2.05) is 0 Å². The Hall–Kier alpha value is -3.40. The molecule has 2 aliphatic rings. The molecule has 2 fully saturated rings. The fourth-order valence-electron chi connectivity index (χ4n) is 4.54. The van der Waals surface area contributed by atoms with E-state index in [0.29, 0.717) is 31.6 Å². The lowest BCUT2D eigenvalue weighted by atomic mass is 10.1. The van der Waals surface area contributed by atoms with Crippen molar-refractivity contribution in [1.29, 1.82) is 0 Å². The van der Waals surface area contributed by atoms with E-state index in [0.717, 1.165) is 18.9 Å². The van der Waals surface area contributed by atoms with Gasteiger partial charge in [0.1, 0.15) is 11.4 Å². The van der Waals surface area contributed by atoms with Crippen LogP contribution in [0, 0.1) is 5.82 Å². The van der Waals surface area contributed by atoms with Crippen LogP contribution in [-0.4, -0.2) is 50.5 Å². The van der Waals surface area contributed by atoms with E-state index in [9.17, 15) is 19.5 Å². The van der Waals surface area contributed by atoms with E-state index in [1.54, 1.807) is 32.6 Å². The number of carbonyl (C=O) groups is 2. The number of aromatic nitrogens is 3. The van der Waals surface area contributed by atoms with Crippen LogP contribution in [0.25, 0.3) is 10.9 Å². The third-order valence-corrected chi connectivity index (χ3v) is 6.71. The molecule has 0 radical (unpaired) electrons. The van der Waals surface area contributed by atoms with Crippen LogP contribution in [-0.2, 0) is 11.3 Å². The first-order valence-electron chi connectivity index (χ1n) is 11.2. The summed E-state index contributed by atoms with van der Waals surface area (Å²) in [5.41, 5.74) is -0.640. The molecule has 3 aromatic rings. The van der Waals surface area contributed by atoms with E-state index in [-0.39, 0.29) is 40.5 Å². The summed E-state index contributed by atoms with van der Waals surface area (Å²) in [4.78, 5) is 38.4. The Bertz CT molecular complexity index is 1340. The number of hydrogen-bond acceptors (Lipinski definition) is 5. The summed E-state index contributed by atoms with van der Waals surface area (Å²) in [6, 6.07) is 2.73. The molecule has 1 unspecified atom stereocenters. The number of pyridine rings is 1. The Kier molecular flexibility index (Phi) is 5.76. The summed E-state index contributed by atoms with van der Waals surface area (Å²) < 4.78 is 18.6. The summed E-state index contributed by atoms with van der Waals surface area (Å²) in [5, 5.41) is 16.5. The second-order valence-electron chi connectivity index (χ2n) is 8.75. The van der Waals surface area contributed by atoms with Crippen LogP contribution in [0.3, 0.4) is 0 Å². The number of benzene rings is 1. The Morgan fingerprint density at radius 2 is 2.09 bits per heavy atom. The number of anilines is 1. The van der Waals surface area contributed by atoms with E-state index < -0.39 is 22.8 Å². The quantitative estimate of drug-likeness (QED) is 0.530. The zero-order valence-corrected chi connectivity index (χ0v) is 19.0. The lowest BCUT2D eigenvalue weighted by Crippen LogP contribution is -2.37. The van der Waals surface area contributed by atoms with Crippen molar-refractivity contribution in [3.8, 4) is 0 Å². The minimum Gasteiger partial charge on any atom is -0.477 e. The van der Waals surface area contributed by atoms with Crippen molar-refractivity contribution in [3.05, 3.63) is 57.3 Å². The number of carboxylic acid groups (broad SMARTS) is 1. The molecule has 2 N–H and O–H groups in total. The molecule has 0 bridgehead atoms. The first kappa shape index (κ1) is 22.4. The van der Waals surface area contributed by atoms with Gasteiger partial charge in [0.05, 0.1) is 21.6 Å². The van der Waals surface area contributed by atoms with Gasteiger partial charge in [-0.25, -0.2) is 9.18 Å². The Labute approximate surface area is 198 Å². The zero-order valence-electron chi connectivity index (χ0n) is 18.2. The number of carbonyl (C=O) groups excluding carboxylic acids is 1. The highest BCUT2D eigenvalue weighted by molar-refractivity contribution is 6.38. The van der Waals surface area contributed by atoms with Gasteiger partial charge in [0, 0.05) is 56.7 Å². The molecule has 3 heterocycles. The Morgan fingerprint density at radius 1 is 1.29 bits per heavy atom. The van der Waals surface area contributed by atoms with Crippen molar-refractivity contribution in [3.63, 3.8) is 0 Å². The van der Waals surface area contributed by atoms with E-state index in [2.05, 4.69) is 10.4 Å². The number of amides is 1. The van der Waals surface area contributed by atoms with Gasteiger partial charge in [-0.3, -0.25) is 14.3 Å². The maximum atomic E-state index is 15.2. The maximum Gasteiger partial charge on any atom is 0.341 e. The monoisotopic (exact) mass is 487 g/mol. The van der Waals surface area contributed by atoms with Gasteiger partial charge in [0.25, 0.3) is 0 Å². The van der Waals surface area contributed by atoms with Crippen LogP contribution >= 0.6 is 11.6 Å². The summed E-state index contributed by atoms with van der Waals surface area (Å²) in [5.74, 6) is -2.16. The number of aromatic carboxylic acids is 1. The molecule has 9 nitrogen and oxygen atoms in total. The normalized spacial score (nSPS) is 17.9. The van der Waals surface area contributed by atoms with Gasteiger partial charge in [0.2, 0.25) is 11.3 Å². The molecule has 1 saturated heterocycles. The van der Waals surface area contributed by atoms with E-state index in [1.165, 1.54) is 6.20 Å². The standard InChI is InChI=1S/C23H23ClFN5O4/c24-19-20-15(22(32)16(23(33)34)12-30(20)14-2-3-14)10-17(25)21(19)28-8-4-13(11-28)27-18(31)5-9-29-7-1-6-26-29/h1,6-7,10,12-14H,2-5,8-9,11H2,(H,27,31)(H,33,34). The maximum absolute atomic E-state index is 15.2. The van der Waals surface area contributed by atoms with Gasteiger partial charge >= 0.3 is 5.97 Å². The Morgan fingerprint density at radius 3 is 2.76 bits per heavy atom. The average Bonchev–Trinajstić information content (AvgIpc) is 3.31. The van der Waals surface area contributed by atoms with E-state index >= 15 is 4.39 Å². The van der Waals surface area contributed by atoms with Gasteiger partial charge < -0.3 is 19.9 Å². The predicted octanol–water partition coefficient (Wildman–Crippen LogP) is 2.81. The number of halogens is 2. The number of hydrogen-bond donors (Lipinski definition) is 2. The first-order valence-corrected chi connectivity index (χ1v) is 11.5. The number of nitrogens with zero attached hydrogens (tertiary/aromatic N) is 4. The number of aryl methyl sites for hydroxylation is 1. The molecular formula is C23H23ClFN5O4. The minimum absolute atomic E-state index is 0.0254. The van der Waals surface area contributed by atoms with Gasteiger partial charge in [-0.1, -0.05) is 11.6 Å². The Balaban J connectivity index is 1.40. The summed E-state index contributed by atoms with van der Waals surface area (Å²) >= 11 is 6.68. The molecule has 1 atom stereocenters. The van der Waals surface area contributed by atoms with Crippen molar-refractivity contribution in [1.82, 2.24) is 19.7 Å². The molecule has 1 saturated carbocycles. The second-order valence-corrected chi connectivity index (χ2v) is 9.13. The number of rotatable bonds is 7. The predicted molar refractivity (Wildman–Crippen MR) is 124 cm³/mol. The summed E-state index contributed by atoms with van der Waals surface area (Å²) in [6.45, 7) is 1.32. The molecule has 34 heavy (non-hydrogen) atoms. The molecule has 11 heteroatoms. The third-order valence-electron chi connectivity index (χ3n) is 6.35. The average molecular weight is 488 g/mol. The molecule has 1 aliphatic heterocycles. The van der Waals surface area contributed by atoms with Crippen LogP contribution in [0.15, 0.2) is 35.5 Å². The number of nitrogens with one attached hydrogen (secondary N) is 1. The molecule has 2 aromatic heterocycles. The lowest BCUT2D eigenvalue weighted by Gasteiger charge is -2.23. The molecular weight excluding hydrogens is 465 g/mol. The van der Waals surface area contributed by atoms with Crippen LogP contribution in [0.2, 0.25) is 5.02 Å². The fraction of sp³-hybridized carbons (Fsp3) is 0.391. The molecule has 1 amide bonds. The zero-order chi connectivity index (χ0) is 24.0. The van der Waals surface area contributed by atoms with E-state index in [4.69, 9.17) is 11.6 Å². The number of carboxylic acids is 1. The van der Waals surface area contributed by atoms with Crippen LogP contribution in [0.1, 0.15) is 42.1 Å². The van der Waals surface area contributed by atoms with Crippen LogP contribution in [0.5, 0.6) is 0 Å². The smallest absolute Gasteiger partial charge is 0.341 e. The van der Waals surface area contributed by atoms with Gasteiger partial charge in [0.15, 0.2) is 0 Å². The SMILES string of the molecule is O=C(CCn1cccn1)NC1CCN(c2c(F)cc3c(=O)c(C(=O)O)cn(C4CC4)c3c2Cl)C1. The topological polar surface area (TPSA) is 109 Å². The number of fused-ring (bicyclic) bond motifs is 1. The largest absolute Gasteiger partial charge is 0.477 e. The highest BCUT2D eigenvalue weighted by Crippen LogP contribution is 2.42. The first-order chi connectivity index (χ1) is 16.3. The van der Waals surface area contributed by atoms with Gasteiger partial charge in [-0.2, -0.15) is 5.10 Å². The third kappa shape index (κ3) is 4.13. The fourth-order valence-corrected chi connectivity index (χ4v) is 4.95. The molecule has 5 rings (SSSR count). The van der Waals surface area contributed by atoms with Gasteiger partial charge in [-0.15, -0.1) is 0 Å². The van der Waals surface area contributed by atoms with Gasteiger partial charge in [-0.05, 0) is 31.4 Å². The second kappa shape index (κ2) is 8.75. The van der Waals surface area contributed by atoms with Crippen molar-refractivity contribution in [2.75, 3.05) is 18.0 Å². The van der Waals surface area contributed by atoms with Crippen LogP contribution < -0.4 is 15.6 Å². The molecule has 178 valence electrons. The molecule has 0 spiro atoms. The van der Waals surface area contributed by atoms with Crippen molar-refractivity contribution >= 4 is 40.1 Å². The highest BCUT2D eigenvalue weighted by atomic mass is 35.5.